The van der Waals surface area contributed by atoms with Crippen LogP contribution in [0, 0.1) is 0 Å². The summed E-state index contributed by atoms with van der Waals surface area (Å²) in [5.41, 5.74) is 7.72. The first kappa shape index (κ1) is 13.0. The summed E-state index contributed by atoms with van der Waals surface area (Å²) in [4.78, 5) is 22.3. The summed E-state index contributed by atoms with van der Waals surface area (Å²) < 4.78 is 1.52. The second kappa shape index (κ2) is 5.06. The minimum absolute atomic E-state index is 0.0320. The fourth-order valence-corrected chi connectivity index (χ4v) is 1.73. The number of hydrogen-bond acceptors (Lipinski definition) is 3. The fraction of sp³-hybridized carbons (Fsp3) is 0.214. The summed E-state index contributed by atoms with van der Waals surface area (Å²) in [7, 11) is 0. The van der Waals surface area contributed by atoms with Crippen LogP contribution in [0.4, 0.5) is 0 Å². The fourth-order valence-electron chi connectivity index (χ4n) is 1.73. The molecule has 1 atom stereocenters. The molecular weight excluding hydrogens is 242 g/mol. The molecule has 1 heterocycles. The van der Waals surface area contributed by atoms with E-state index in [2.05, 4.69) is 5.10 Å². The van der Waals surface area contributed by atoms with Crippen molar-refractivity contribution in [1.82, 2.24) is 9.78 Å². The summed E-state index contributed by atoms with van der Waals surface area (Å²) in [5, 5.41) is 4.12. The SMILES string of the molecule is CC(=O)c1ccc(-c2cnn(C(C)C(N)=O)c2)cc1. The number of rotatable bonds is 4. The number of nitrogens with zero attached hydrogens (tertiary/aromatic N) is 2. The number of hydrogen-bond donors (Lipinski definition) is 1. The molecule has 5 nitrogen and oxygen atoms in total. The zero-order valence-electron chi connectivity index (χ0n) is 10.8. The number of carbonyl (C=O) groups excluding carboxylic acids is 2. The van der Waals surface area contributed by atoms with E-state index in [1.165, 1.54) is 11.6 Å². The Kier molecular flexibility index (Phi) is 3.46. The average Bonchev–Trinajstić information content (AvgIpc) is 2.87. The van der Waals surface area contributed by atoms with Crippen LogP contribution < -0.4 is 5.73 Å². The molecule has 1 unspecified atom stereocenters. The molecule has 0 radical (unpaired) electrons. The highest BCUT2D eigenvalue weighted by molar-refractivity contribution is 5.94. The largest absolute Gasteiger partial charge is 0.368 e. The molecule has 0 aliphatic carbocycles. The van der Waals surface area contributed by atoms with Crippen LogP contribution in [0.15, 0.2) is 36.7 Å². The Morgan fingerprint density at radius 1 is 1.21 bits per heavy atom. The van der Waals surface area contributed by atoms with Gasteiger partial charge in [0.05, 0.1) is 6.20 Å². The molecule has 0 spiro atoms. The van der Waals surface area contributed by atoms with Crippen LogP contribution in [0.1, 0.15) is 30.2 Å². The molecule has 19 heavy (non-hydrogen) atoms. The molecule has 0 aliphatic heterocycles. The molecule has 5 heteroatoms. The van der Waals surface area contributed by atoms with E-state index in [0.29, 0.717) is 5.56 Å². The van der Waals surface area contributed by atoms with Crippen molar-refractivity contribution in [2.45, 2.75) is 19.9 Å². The van der Waals surface area contributed by atoms with Crippen LogP contribution in [0.25, 0.3) is 11.1 Å². The molecule has 0 aliphatic rings. The summed E-state index contributed by atoms with van der Waals surface area (Å²) in [6.45, 7) is 3.22. The maximum atomic E-state index is 11.2. The molecule has 0 saturated carbocycles. The first-order valence-corrected chi connectivity index (χ1v) is 5.94. The van der Waals surface area contributed by atoms with Crippen molar-refractivity contribution in [2.24, 2.45) is 5.73 Å². The zero-order valence-corrected chi connectivity index (χ0v) is 10.8. The van der Waals surface area contributed by atoms with Gasteiger partial charge in [0.2, 0.25) is 5.91 Å². The standard InChI is InChI=1S/C14H15N3O2/c1-9(14(15)19)17-8-13(7-16-17)12-5-3-11(4-6-12)10(2)18/h3-9H,1-2H3,(H2,15,19). The number of benzene rings is 1. The van der Waals surface area contributed by atoms with E-state index in [4.69, 9.17) is 5.73 Å². The third-order valence-corrected chi connectivity index (χ3v) is 3.03. The van der Waals surface area contributed by atoms with E-state index in [-0.39, 0.29) is 5.78 Å². The van der Waals surface area contributed by atoms with Crippen molar-refractivity contribution in [3.63, 3.8) is 0 Å². The quantitative estimate of drug-likeness (QED) is 0.848. The Morgan fingerprint density at radius 3 is 2.37 bits per heavy atom. The second-order valence-corrected chi connectivity index (χ2v) is 4.42. The normalized spacial score (nSPS) is 12.1. The summed E-state index contributed by atoms with van der Waals surface area (Å²) in [6, 6.07) is 6.77. The van der Waals surface area contributed by atoms with Gasteiger partial charge in [0, 0.05) is 17.3 Å². The Bertz CT molecular complexity index is 614. The lowest BCUT2D eigenvalue weighted by atomic mass is 10.1. The molecule has 1 aromatic heterocycles. The van der Waals surface area contributed by atoms with Gasteiger partial charge in [0.15, 0.2) is 5.78 Å². The van der Waals surface area contributed by atoms with Crippen molar-refractivity contribution in [3.05, 3.63) is 42.2 Å². The highest BCUT2D eigenvalue weighted by Crippen LogP contribution is 2.20. The molecule has 0 saturated heterocycles. The highest BCUT2D eigenvalue weighted by Gasteiger charge is 2.12. The van der Waals surface area contributed by atoms with Gasteiger partial charge in [0.25, 0.3) is 0 Å². The van der Waals surface area contributed by atoms with Gasteiger partial charge in [0.1, 0.15) is 6.04 Å². The molecule has 2 N–H and O–H groups in total. The lowest BCUT2D eigenvalue weighted by Crippen LogP contribution is -2.24. The average molecular weight is 257 g/mol. The van der Waals surface area contributed by atoms with Gasteiger partial charge >= 0.3 is 0 Å². The Balaban J connectivity index is 2.27. The molecule has 2 aromatic rings. The van der Waals surface area contributed by atoms with Crippen LogP contribution in [0.3, 0.4) is 0 Å². The second-order valence-electron chi connectivity index (χ2n) is 4.42. The number of Topliss-reactive ketones (excluding diaryl/α,β-unsaturated/α-hetero) is 1. The van der Waals surface area contributed by atoms with E-state index >= 15 is 0 Å². The number of nitrogens with two attached hydrogens (primary N) is 1. The van der Waals surface area contributed by atoms with Gasteiger partial charge in [-0.25, -0.2) is 0 Å². The topological polar surface area (TPSA) is 78.0 Å². The minimum atomic E-state index is -0.481. The summed E-state index contributed by atoms with van der Waals surface area (Å²) in [6.07, 6.45) is 3.43. The van der Waals surface area contributed by atoms with Crippen LogP contribution in [0.2, 0.25) is 0 Å². The Morgan fingerprint density at radius 2 is 1.84 bits per heavy atom. The van der Waals surface area contributed by atoms with Gasteiger partial charge in [-0.2, -0.15) is 5.10 Å². The lowest BCUT2D eigenvalue weighted by molar-refractivity contribution is -0.120. The highest BCUT2D eigenvalue weighted by atomic mass is 16.1. The zero-order chi connectivity index (χ0) is 14.0. The molecule has 0 bridgehead atoms. The Labute approximate surface area is 111 Å². The minimum Gasteiger partial charge on any atom is -0.368 e. The number of primary amides is 1. The number of amides is 1. The van der Waals surface area contributed by atoms with Gasteiger partial charge < -0.3 is 5.73 Å². The maximum Gasteiger partial charge on any atom is 0.241 e. The van der Waals surface area contributed by atoms with E-state index in [9.17, 15) is 9.59 Å². The summed E-state index contributed by atoms with van der Waals surface area (Å²) in [5.74, 6) is -0.397. The predicted octanol–water partition coefficient (Wildman–Crippen LogP) is 1.80. The smallest absolute Gasteiger partial charge is 0.241 e. The van der Waals surface area contributed by atoms with E-state index < -0.39 is 11.9 Å². The Hall–Kier alpha value is -2.43. The third kappa shape index (κ3) is 2.70. The van der Waals surface area contributed by atoms with Crippen LogP contribution >= 0.6 is 0 Å². The third-order valence-electron chi connectivity index (χ3n) is 3.03. The monoisotopic (exact) mass is 257 g/mol. The van der Waals surface area contributed by atoms with Crippen molar-refractivity contribution in [3.8, 4) is 11.1 Å². The molecule has 1 aromatic carbocycles. The van der Waals surface area contributed by atoms with Crippen LogP contribution in [-0.4, -0.2) is 21.5 Å². The maximum absolute atomic E-state index is 11.2. The number of aromatic nitrogens is 2. The van der Waals surface area contributed by atoms with Crippen molar-refractivity contribution < 1.29 is 9.59 Å². The van der Waals surface area contributed by atoms with Crippen molar-refractivity contribution >= 4 is 11.7 Å². The van der Waals surface area contributed by atoms with E-state index in [0.717, 1.165) is 11.1 Å². The number of carbonyl (C=O) groups is 2. The van der Waals surface area contributed by atoms with E-state index in [1.54, 1.807) is 31.5 Å². The van der Waals surface area contributed by atoms with E-state index in [1.807, 2.05) is 12.1 Å². The molecule has 98 valence electrons. The van der Waals surface area contributed by atoms with Gasteiger partial charge in [-0.3, -0.25) is 14.3 Å². The molecule has 0 fully saturated rings. The molecular formula is C14H15N3O2. The van der Waals surface area contributed by atoms with Gasteiger partial charge in [-0.1, -0.05) is 24.3 Å². The van der Waals surface area contributed by atoms with Gasteiger partial charge in [-0.15, -0.1) is 0 Å². The molecule has 1 amide bonds. The first-order chi connectivity index (χ1) is 8.99. The predicted molar refractivity (Wildman–Crippen MR) is 71.6 cm³/mol. The van der Waals surface area contributed by atoms with Crippen LogP contribution in [-0.2, 0) is 4.79 Å². The van der Waals surface area contributed by atoms with Gasteiger partial charge in [-0.05, 0) is 19.4 Å². The number of ketones is 1. The van der Waals surface area contributed by atoms with Crippen LogP contribution in [0.5, 0.6) is 0 Å². The van der Waals surface area contributed by atoms with Crippen molar-refractivity contribution in [2.75, 3.05) is 0 Å². The van der Waals surface area contributed by atoms with Crippen molar-refractivity contribution in [1.29, 1.82) is 0 Å². The lowest BCUT2D eigenvalue weighted by Gasteiger charge is -2.06. The first-order valence-electron chi connectivity index (χ1n) is 5.94. The molecule has 2 rings (SSSR count). The summed E-state index contributed by atoms with van der Waals surface area (Å²) >= 11 is 0.